The summed E-state index contributed by atoms with van der Waals surface area (Å²) in [7, 11) is 0. The minimum atomic E-state index is -0.528. The summed E-state index contributed by atoms with van der Waals surface area (Å²) in [5, 5.41) is 2.75. The van der Waals surface area contributed by atoms with E-state index in [4.69, 9.17) is 4.98 Å². The van der Waals surface area contributed by atoms with Crippen molar-refractivity contribution >= 4 is 22.8 Å². The van der Waals surface area contributed by atoms with Gasteiger partial charge in [0.25, 0.3) is 5.91 Å². The summed E-state index contributed by atoms with van der Waals surface area (Å²) in [6.45, 7) is 5.71. The first-order valence-corrected chi connectivity index (χ1v) is 10.1. The molecule has 4 rings (SSSR count). The summed E-state index contributed by atoms with van der Waals surface area (Å²) < 4.78 is 14.2. The summed E-state index contributed by atoms with van der Waals surface area (Å²) in [5.74, 6) is -0.0439. The zero-order valence-electron chi connectivity index (χ0n) is 16.8. The van der Waals surface area contributed by atoms with E-state index in [0.717, 1.165) is 41.1 Å². The van der Waals surface area contributed by atoms with Crippen LogP contribution in [0.5, 0.6) is 0 Å². The molecule has 1 aliphatic heterocycles. The number of hydrogen-bond donors (Lipinski definition) is 1. The predicted molar refractivity (Wildman–Crippen MR) is 114 cm³/mol. The lowest BCUT2D eigenvalue weighted by molar-refractivity contribution is 0.0939. The molecule has 5 nitrogen and oxygen atoms in total. The van der Waals surface area contributed by atoms with Crippen LogP contribution in [0.25, 0.3) is 22.2 Å². The number of carbonyl (C=O) groups excluding carboxylic acids is 1. The molecule has 6 heteroatoms. The Morgan fingerprint density at radius 1 is 1.03 bits per heavy atom. The third kappa shape index (κ3) is 4.21. The highest BCUT2D eigenvalue weighted by molar-refractivity contribution is 5.96. The Balaban J connectivity index is 1.69. The standard InChI is InChI=1S/C23H25FN4O/c1-15(2)26-23(29)18-12-16(6-8-19(18)24)17-7-9-20-21(13-17)27-22(14-25-20)28-10-4-3-5-11-28/h6-9,12-15H,3-5,10-11H2,1-2H3,(H,26,29). The maximum absolute atomic E-state index is 14.2. The van der Waals surface area contributed by atoms with Crippen LogP contribution in [-0.4, -0.2) is 35.0 Å². The van der Waals surface area contributed by atoms with Crippen molar-refractivity contribution in [2.24, 2.45) is 0 Å². The fourth-order valence-electron chi connectivity index (χ4n) is 3.68. The van der Waals surface area contributed by atoms with Gasteiger partial charge in [0.1, 0.15) is 11.6 Å². The van der Waals surface area contributed by atoms with Crippen molar-refractivity contribution in [1.29, 1.82) is 0 Å². The molecule has 0 saturated carbocycles. The van der Waals surface area contributed by atoms with Crippen molar-refractivity contribution < 1.29 is 9.18 Å². The van der Waals surface area contributed by atoms with Crippen LogP contribution in [0.4, 0.5) is 10.2 Å². The number of aromatic nitrogens is 2. The maximum Gasteiger partial charge on any atom is 0.254 e. The van der Waals surface area contributed by atoms with Gasteiger partial charge in [-0.15, -0.1) is 0 Å². The molecule has 3 aromatic rings. The average Bonchev–Trinajstić information content (AvgIpc) is 2.73. The molecule has 0 spiro atoms. The van der Waals surface area contributed by atoms with Gasteiger partial charge in [0.05, 0.1) is 22.8 Å². The zero-order valence-corrected chi connectivity index (χ0v) is 16.8. The molecule has 0 radical (unpaired) electrons. The number of nitrogens with one attached hydrogen (secondary N) is 1. The number of halogens is 1. The van der Waals surface area contributed by atoms with Crippen LogP contribution in [-0.2, 0) is 0 Å². The van der Waals surface area contributed by atoms with E-state index in [-0.39, 0.29) is 11.6 Å². The first kappa shape index (κ1) is 19.3. The SMILES string of the molecule is CC(C)NC(=O)c1cc(-c2ccc3ncc(N4CCCCC4)nc3c2)ccc1F. The lowest BCUT2D eigenvalue weighted by Gasteiger charge is -2.27. The number of piperidine rings is 1. The van der Waals surface area contributed by atoms with Gasteiger partial charge in [0.2, 0.25) is 0 Å². The van der Waals surface area contributed by atoms with Gasteiger partial charge in [0.15, 0.2) is 0 Å². The smallest absolute Gasteiger partial charge is 0.254 e. The lowest BCUT2D eigenvalue weighted by atomic mass is 10.0. The number of hydrogen-bond acceptors (Lipinski definition) is 4. The Bertz CT molecular complexity index is 1040. The number of nitrogens with zero attached hydrogens (tertiary/aromatic N) is 3. The van der Waals surface area contributed by atoms with Crippen LogP contribution in [0, 0.1) is 5.82 Å². The number of anilines is 1. The van der Waals surface area contributed by atoms with E-state index in [0.29, 0.717) is 0 Å². The van der Waals surface area contributed by atoms with Gasteiger partial charge in [0, 0.05) is 19.1 Å². The van der Waals surface area contributed by atoms with Crippen molar-refractivity contribution in [2.45, 2.75) is 39.2 Å². The Kier molecular flexibility index (Phi) is 5.43. The summed E-state index contributed by atoms with van der Waals surface area (Å²) >= 11 is 0. The van der Waals surface area contributed by atoms with E-state index in [1.165, 1.54) is 25.3 Å². The Hall–Kier alpha value is -3.02. The van der Waals surface area contributed by atoms with E-state index in [1.807, 2.05) is 38.2 Å². The molecule has 29 heavy (non-hydrogen) atoms. The van der Waals surface area contributed by atoms with E-state index < -0.39 is 11.7 Å². The fraction of sp³-hybridized carbons (Fsp3) is 0.348. The van der Waals surface area contributed by atoms with Crippen LogP contribution in [0.3, 0.4) is 0 Å². The summed E-state index contributed by atoms with van der Waals surface area (Å²) in [6.07, 6.45) is 5.45. The minimum Gasteiger partial charge on any atom is -0.355 e. The monoisotopic (exact) mass is 392 g/mol. The van der Waals surface area contributed by atoms with Crippen molar-refractivity contribution in [3.63, 3.8) is 0 Å². The largest absolute Gasteiger partial charge is 0.355 e. The van der Waals surface area contributed by atoms with Crippen molar-refractivity contribution in [3.8, 4) is 11.1 Å². The molecule has 1 aliphatic rings. The summed E-state index contributed by atoms with van der Waals surface area (Å²) in [6, 6.07) is 10.3. The molecule has 2 aromatic carbocycles. The molecule has 1 saturated heterocycles. The summed E-state index contributed by atoms with van der Waals surface area (Å²) in [5.41, 5.74) is 3.30. The first-order chi connectivity index (χ1) is 14.0. The van der Waals surface area contributed by atoms with Gasteiger partial charge in [-0.2, -0.15) is 0 Å². The number of fused-ring (bicyclic) bond motifs is 1. The molecule has 0 bridgehead atoms. The highest BCUT2D eigenvalue weighted by atomic mass is 19.1. The van der Waals surface area contributed by atoms with Crippen molar-refractivity contribution in [2.75, 3.05) is 18.0 Å². The molecule has 1 N–H and O–H groups in total. The second-order valence-corrected chi connectivity index (χ2v) is 7.80. The highest BCUT2D eigenvalue weighted by Gasteiger charge is 2.16. The predicted octanol–water partition coefficient (Wildman–Crippen LogP) is 4.56. The number of amides is 1. The normalized spacial score (nSPS) is 14.4. The van der Waals surface area contributed by atoms with Gasteiger partial charge >= 0.3 is 0 Å². The third-order valence-electron chi connectivity index (χ3n) is 5.17. The minimum absolute atomic E-state index is 0.0458. The maximum atomic E-state index is 14.2. The van der Waals surface area contributed by atoms with Gasteiger partial charge in [-0.25, -0.2) is 9.37 Å². The molecule has 0 unspecified atom stereocenters. The Morgan fingerprint density at radius 2 is 1.76 bits per heavy atom. The fourth-order valence-corrected chi connectivity index (χ4v) is 3.68. The van der Waals surface area contributed by atoms with Gasteiger partial charge in [-0.3, -0.25) is 9.78 Å². The quantitative estimate of drug-likeness (QED) is 0.707. The van der Waals surface area contributed by atoms with Gasteiger partial charge in [-0.05, 0) is 68.5 Å². The van der Waals surface area contributed by atoms with E-state index in [1.54, 1.807) is 12.1 Å². The Morgan fingerprint density at radius 3 is 2.52 bits per heavy atom. The zero-order chi connectivity index (χ0) is 20.4. The number of benzene rings is 2. The molecule has 1 amide bonds. The molecule has 1 aromatic heterocycles. The second-order valence-electron chi connectivity index (χ2n) is 7.80. The summed E-state index contributed by atoms with van der Waals surface area (Å²) in [4.78, 5) is 24.0. The molecule has 0 aliphatic carbocycles. The molecule has 150 valence electrons. The molecule has 2 heterocycles. The van der Waals surface area contributed by atoms with Crippen molar-refractivity contribution in [3.05, 3.63) is 54.0 Å². The van der Waals surface area contributed by atoms with Crippen LogP contribution in [0.2, 0.25) is 0 Å². The molecular weight excluding hydrogens is 367 g/mol. The second kappa shape index (κ2) is 8.15. The Labute approximate surface area is 170 Å². The van der Waals surface area contributed by atoms with Crippen LogP contribution >= 0.6 is 0 Å². The number of rotatable bonds is 4. The van der Waals surface area contributed by atoms with Crippen LogP contribution < -0.4 is 10.2 Å². The number of carbonyl (C=O) groups is 1. The first-order valence-electron chi connectivity index (χ1n) is 10.1. The van der Waals surface area contributed by atoms with E-state index in [9.17, 15) is 9.18 Å². The third-order valence-corrected chi connectivity index (χ3v) is 5.17. The van der Waals surface area contributed by atoms with Gasteiger partial charge < -0.3 is 10.2 Å². The van der Waals surface area contributed by atoms with E-state index >= 15 is 0 Å². The van der Waals surface area contributed by atoms with Crippen molar-refractivity contribution in [1.82, 2.24) is 15.3 Å². The van der Waals surface area contributed by atoms with E-state index in [2.05, 4.69) is 15.2 Å². The topological polar surface area (TPSA) is 58.1 Å². The molecular formula is C23H25FN4O. The van der Waals surface area contributed by atoms with Gasteiger partial charge in [-0.1, -0.05) is 12.1 Å². The molecule has 1 fully saturated rings. The van der Waals surface area contributed by atoms with Crippen LogP contribution in [0.15, 0.2) is 42.6 Å². The highest BCUT2D eigenvalue weighted by Crippen LogP contribution is 2.26. The van der Waals surface area contributed by atoms with Crippen LogP contribution in [0.1, 0.15) is 43.5 Å². The molecule has 0 atom stereocenters. The average molecular weight is 392 g/mol. The lowest BCUT2D eigenvalue weighted by Crippen LogP contribution is -2.30.